The van der Waals surface area contributed by atoms with Gasteiger partial charge in [0.1, 0.15) is 0 Å². The second-order valence-electron chi connectivity index (χ2n) is 3.96. The van der Waals surface area contributed by atoms with Crippen molar-refractivity contribution in [3.63, 3.8) is 0 Å². The van der Waals surface area contributed by atoms with E-state index in [2.05, 4.69) is 32.3 Å². The zero-order valence-electron chi connectivity index (χ0n) is 10.5. The predicted octanol–water partition coefficient (Wildman–Crippen LogP) is 2.86. The van der Waals surface area contributed by atoms with E-state index in [1.807, 2.05) is 6.07 Å². The van der Waals surface area contributed by atoms with Gasteiger partial charge < -0.3 is 10.3 Å². The monoisotopic (exact) mass is 372 g/mol. The van der Waals surface area contributed by atoms with Crippen LogP contribution in [0.3, 0.4) is 0 Å². The van der Waals surface area contributed by atoms with Gasteiger partial charge in [-0.15, -0.1) is 11.3 Å². The van der Waals surface area contributed by atoms with Crippen molar-refractivity contribution in [3.05, 3.63) is 55.0 Å². The standard InChI is InChI=1S/C13H13BrN2O2S2/c14-11-3-2-10(20-11)8-19-6-5-15-13(18)9-1-4-12(17)16-7-9/h1-4,7H,5-6,8H2,(H,15,18)(H,16,17). The molecule has 2 aromatic heterocycles. The Hall–Kier alpha value is -1.05. The van der Waals surface area contributed by atoms with E-state index < -0.39 is 0 Å². The van der Waals surface area contributed by atoms with Gasteiger partial charge in [-0.2, -0.15) is 11.8 Å². The van der Waals surface area contributed by atoms with Crippen LogP contribution in [0.1, 0.15) is 15.2 Å². The van der Waals surface area contributed by atoms with Gasteiger partial charge in [0.15, 0.2) is 0 Å². The summed E-state index contributed by atoms with van der Waals surface area (Å²) in [4.78, 5) is 26.4. The fourth-order valence-electron chi connectivity index (χ4n) is 1.49. The normalized spacial score (nSPS) is 10.4. The topological polar surface area (TPSA) is 62.0 Å². The first kappa shape index (κ1) is 15.3. The lowest BCUT2D eigenvalue weighted by Gasteiger charge is -2.04. The fraction of sp³-hybridized carbons (Fsp3) is 0.231. The quantitative estimate of drug-likeness (QED) is 0.766. The maximum Gasteiger partial charge on any atom is 0.252 e. The summed E-state index contributed by atoms with van der Waals surface area (Å²) in [5.41, 5.74) is 0.260. The molecule has 1 amide bonds. The summed E-state index contributed by atoms with van der Waals surface area (Å²) in [5.74, 6) is 1.63. The molecule has 0 aliphatic heterocycles. The van der Waals surface area contributed by atoms with Crippen molar-refractivity contribution in [2.24, 2.45) is 0 Å². The number of hydrogen-bond acceptors (Lipinski definition) is 4. The fourth-order valence-corrected chi connectivity index (χ4v) is 3.95. The molecule has 0 atom stereocenters. The molecule has 106 valence electrons. The molecule has 7 heteroatoms. The molecule has 0 fully saturated rings. The number of aromatic nitrogens is 1. The third kappa shape index (κ3) is 4.81. The van der Waals surface area contributed by atoms with Crippen molar-refractivity contribution >= 4 is 44.9 Å². The Morgan fingerprint density at radius 3 is 2.85 bits per heavy atom. The minimum Gasteiger partial charge on any atom is -0.351 e. The van der Waals surface area contributed by atoms with Crippen LogP contribution in [0.25, 0.3) is 0 Å². The molecular formula is C13H13BrN2O2S2. The van der Waals surface area contributed by atoms with E-state index in [4.69, 9.17) is 0 Å². The number of halogens is 1. The van der Waals surface area contributed by atoms with E-state index in [-0.39, 0.29) is 11.5 Å². The van der Waals surface area contributed by atoms with Gasteiger partial charge in [-0.25, -0.2) is 0 Å². The molecule has 0 aromatic carbocycles. The number of carbonyl (C=O) groups is 1. The number of hydrogen-bond donors (Lipinski definition) is 2. The van der Waals surface area contributed by atoms with Crippen LogP contribution < -0.4 is 10.9 Å². The number of rotatable bonds is 6. The van der Waals surface area contributed by atoms with Crippen LogP contribution in [0.4, 0.5) is 0 Å². The zero-order chi connectivity index (χ0) is 14.4. The van der Waals surface area contributed by atoms with E-state index in [9.17, 15) is 9.59 Å². The van der Waals surface area contributed by atoms with Gasteiger partial charge in [0.05, 0.1) is 9.35 Å². The largest absolute Gasteiger partial charge is 0.351 e. The van der Waals surface area contributed by atoms with E-state index in [1.165, 1.54) is 23.2 Å². The minimum atomic E-state index is -0.209. The van der Waals surface area contributed by atoms with Crippen molar-refractivity contribution in [1.29, 1.82) is 0 Å². The number of thiophene rings is 1. The van der Waals surface area contributed by atoms with Crippen LogP contribution in [0.15, 0.2) is 39.0 Å². The summed E-state index contributed by atoms with van der Waals surface area (Å²) in [6.07, 6.45) is 1.42. The Bertz CT molecular complexity index is 619. The minimum absolute atomic E-state index is 0.166. The molecule has 2 heterocycles. The number of H-pyrrole nitrogens is 1. The molecule has 2 rings (SSSR count). The van der Waals surface area contributed by atoms with Crippen molar-refractivity contribution in [1.82, 2.24) is 10.3 Å². The maximum atomic E-state index is 11.7. The first-order valence-electron chi connectivity index (χ1n) is 5.94. The Morgan fingerprint density at radius 2 is 2.20 bits per heavy atom. The average Bonchev–Trinajstić information content (AvgIpc) is 2.84. The van der Waals surface area contributed by atoms with Crippen LogP contribution in [-0.2, 0) is 5.75 Å². The lowest BCUT2D eigenvalue weighted by molar-refractivity contribution is 0.0956. The summed E-state index contributed by atoms with van der Waals surface area (Å²) in [5, 5.41) is 2.82. The van der Waals surface area contributed by atoms with E-state index in [0.717, 1.165) is 15.3 Å². The molecule has 2 aromatic rings. The summed E-state index contributed by atoms with van der Waals surface area (Å²) >= 11 is 6.93. The van der Waals surface area contributed by atoms with Gasteiger partial charge in [-0.05, 0) is 34.1 Å². The van der Waals surface area contributed by atoms with Gasteiger partial charge in [0.2, 0.25) is 5.56 Å². The summed E-state index contributed by atoms with van der Waals surface area (Å²) in [7, 11) is 0. The lowest BCUT2D eigenvalue weighted by atomic mass is 10.3. The lowest BCUT2D eigenvalue weighted by Crippen LogP contribution is -2.26. The Balaban J connectivity index is 1.67. The SMILES string of the molecule is O=C(NCCSCc1ccc(Br)s1)c1ccc(=O)[nH]c1. The predicted molar refractivity (Wildman–Crippen MR) is 87.6 cm³/mol. The van der Waals surface area contributed by atoms with E-state index in [0.29, 0.717) is 12.1 Å². The smallest absolute Gasteiger partial charge is 0.252 e. The van der Waals surface area contributed by atoms with E-state index in [1.54, 1.807) is 23.1 Å². The van der Waals surface area contributed by atoms with Crippen LogP contribution in [0.5, 0.6) is 0 Å². The van der Waals surface area contributed by atoms with Gasteiger partial charge >= 0.3 is 0 Å². The molecule has 2 N–H and O–H groups in total. The van der Waals surface area contributed by atoms with Crippen molar-refractivity contribution in [2.75, 3.05) is 12.3 Å². The Labute approximate surface area is 133 Å². The van der Waals surface area contributed by atoms with Crippen molar-refractivity contribution in [2.45, 2.75) is 5.75 Å². The Morgan fingerprint density at radius 1 is 1.35 bits per heavy atom. The number of amides is 1. The Kier molecular flexibility index (Phi) is 5.87. The summed E-state index contributed by atoms with van der Waals surface area (Å²) < 4.78 is 1.14. The first-order valence-corrected chi connectivity index (χ1v) is 8.70. The highest BCUT2D eigenvalue weighted by atomic mass is 79.9. The molecule has 0 unspecified atom stereocenters. The zero-order valence-corrected chi connectivity index (χ0v) is 13.7. The number of nitrogens with one attached hydrogen (secondary N) is 2. The summed E-state index contributed by atoms with van der Waals surface area (Å²) in [6.45, 7) is 0.606. The second-order valence-corrected chi connectivity index (χ2v) is 7.61. The molecule has 4 nitrogen and oxygen atoms in total. The van der Waals surface area contributed by atoms with Gasteiger partial charge in [-0.3, -0.25) is 9.59 Å². The van der Waals surface area contributed by atoms with Crippen LogP contribution in [0.2, 0.25) is 0 Å². The van der Waals surface area contributed by atoms with Gasteiger partial charge in [-0.1, -0.05) is 0 Å². The van der Waals surface area contributed by atoms with Crippen LogP contribution >= 0.6 is 39.0 Å². The molecule has 0 spiro atoms. The number of aromatic amines is 1. The second kappa shape index (κ2) is 7.66. The van der Waals surface area contributed by atoms with Crippen molar-refractivity contribution in [3.8, 4) is 0 Å². The number of pyridine rings is 1. The highest BCUT2D eigenvalue weighted by Crippen LogP contribution is 2.25. The molecule has 0 radical (unpaired) electrons. The van der Waals surface area contributed by atoms with Crippen LogP contribution in [-0.4, -0.2) is 23.2 Å². The average molecular weight is 373 g/mol. The maximum absolute atomic E-state index is 11.7. The molecular weight excluding hydrogens is 360 g/mol. The highest BCUT2D eigenvalue weighted by Gasteiger charge is 2.04. The highest BCUT2D eigenvalue weighted by molar-refractivity contribution is 9.11. The molecule has 0 bridgehead atoms. The first-order chi connectivity index (χ1) is 9.65. The third-order valence-electron chi connectivity index (χ3n) is 2.45. The molecule has 20 heavy (non-hydrogen) atoms. The van der Waals surface area contributed by atoms with Gasteiger partial charge in [0, 0.05) is 35.2 Å². The third-order valence-corrected chi connectivity index (χ3v) is 5.27. The number of thioether (sulfide) groups is 1. The van der Waals surface area contributed by atoms with Crippen molar-refractivity contribution < 1.29 is 4.79 Å². The van der Waals surface area contributed by atoms with Gasteiger partial charge in [0.25, 0.3) is 5.91 Å². The molecule has 0 saturated heterocycles. The summed E-state index contributed by atoms with van der Waals surface area (Å²) in [6, 6.07) is 7.00. The molecule has 0 aliphatic rings. The molecule has 0 aliphatic carbocycles. The molecule has 0 saturated carbocycles. The van der Waals surface area contributed by atoms with Crippen LogP contribution in [0, 0.1) is 0 Å². The number of carbonyl (C=O) groups excluding carboxylic acids is 1. The van der Waals surface area contributed by atoms with E-state index >= 15 is 0 Å².